The Bertz CT molecular complexity index is 511. The van der Waals surface area contributed by atoms with E-state index >= 15 is 0 Å². The lowest BCUT2D eigenvalue weighted by Crippen LogP contribution is -2.36. The Morgan fingerprint density at radius 1 is 1.32 bits per heavy atom. The molecule has 0 saturated carbocycles. The van der Waals surface area contributed by atoms with E-state index in [1.807, 2.05) is 4.90 Å². The predicted octanol–water partition coefficient (Wildman–Crippen LogP) is 1.74. The number of primary amides is 1. The van der Waals surface area contributed by atoms with Gasteiger partial charge in [-0.3, -0.25) is 9.59 Å². The Hall–Kier alpha value is -1.75. The molecule has 5 nitrogen and oxygen atoms in total. The molecule has 0 aliphatic carbocycles. The van der Waals surface area contributed by atoms with E-state index in [1.54, 1.807) is 18.2 Å². The second-order valence-corrected chi connectivity index (χ2v) is 5.04. The van der Waals surface area contributed by atoms with Crippen LogP contribution in [-0.2, 0) is 4.79 Å². The Labute approximate surface area is 116 Å². The molecule has 0 aromatic heterocycles. The first-order valence-electron chi connectivity index (χ1n) is 6.06. The maximum absolute atomic E-state index is 11.0. The Morgan fingerprint density at radius 2 is 1.95 bits per heavy atom. The summed E-state index contributed by atoms with van der Waals surface area (Å²) in [5.41, 5.74) is 6.37. The molecular weight excluding hydrogens is 268 g/mol. The zero-order valence-corrected chi connectivity index (χ0v) is 11.1. The minimum atomic E-state index is -0.741. The largest absolute Gasteiger partial charge is 0.481 e. The first-order valence-corrected chi connectivity index (χ1v) is 6.44. The third-order valence-electron chi connectivity index (χ3n) is 3.42. The van der Waals surface area contributed by atoms with Crippen molar-refractivity contribution < 1.29 is 14.7 Å². The highest BCUT2D eigenvalue weighted by Gasteiger charge is 2.25. The topological polar surface area (TPSA) is 83.6 Å². The molecule has 2 rings (SSSR count). The maximum Gasteiger partial charge on any atom is 0.306 e. The zero-order chi connectivity index (χ0) is 14.0. The minimum absolute atomic E-state index is 0.278. The lowest BCUT2D eigenvalue weighted by atomic mass is 9.96. The summed E-state index contributed by atoms with van der Waals surface area (Å²) in [6.07, 6.45) is 1.20. The van der Waals surface area contributed by atoms with Crippen molar-refractivity contribution in [2.24, 2.45) is 11.7 Å². The normalized spacial score (nSPS) is 16.4. The van der Waals surface area contributed by atoms with Crippen molar-refractivity contribution in [2.75, 3.05) is 18.0 Å². The summed E-state index contributed by atoms with van der Waals surface area (Å²) < 4.78 is 0. The molecule has 0 unspecified atom stereocenters. The van der Waals surface area contributed by atoms with Gasteiger partial charge in [0, 0.05) is 18.7 Å². The summed E-state index contributed by atoms with van der Waals surface area (Å²) in [4.78, 5) is 24.0. The number of hydrogen-bond acceptors (Lipinski definition) is 3. The number of nitrogens with two attached hydrogens (primary N) is 1. The van der Waals surface area contributed by atoms with Crippen LogP contribution in [0, 0.1) is 5.92 Å². The number of benzene rings is 1. The number of carbonyl (C=O) groups is 2. The van der Waals surface area contributed by atoms with Crippen LogP contribution >= 0.6 is 11.6 Å². The third-order valence-corrected chi connectivity index (χ3v) is 3.72. The highest BCUT2D eigenvalue weighted by molar-refractivity contribution is 6.33. The first-order chi connectivity index (χ1) is 8.99. The molecule has 6 heteroatoms. The molecular formula is C13H15ClN2O3. The molecule has 0 spiro atoms. The molecule has 1 saturated heterocycles. The average Bonchev–Trinajstić information content (AvgIpc) is 2.38. The number of carboxylic acid groups (broad SMARTS) is 1. The van der Waals surface area contributed by atoms with Gasteiger partial charge in [-0.2, -0.15) is 0 Å². The summed E-state index contributed by atoms with van der Waals surface area (Å²) in [5, 5.41) is 9.41. The number of amides is 1. The number of carboxylic acids is 1. The van der Waals surface area contributed by atoms with Crippen LogP contribution in [-0.4, -0.2) is 30.1 Å². The van der Waals surface area contributed by atoms with E-state index in [2.05, 4.69) is 0 Å². The Kier molecular flexibility index (Phi) is 3.95. The van der Waals surface area contributed by atoms with Gasteiger partial charge in [0.05, 0.1) is 16.6 Å². The first kappa shape index (κ1) is 13.7. The van der Waals surface area contributed by atoms with E-state index in [0.717, 1.165) is 5.69 Å². The molecule has 1 aromatic rings. The van der Waals surface area contributed by atoms with Gasteiger partial charge in [0.15, 0.2) is 0 Å². The molecule has 3 N–H and O–H groups in total. The van der Waals surface area contributed by atoms with Crippen molar-refractivity contribution in [3.63, 3.8) is 0 Å². The number of anilines is 1. The van der Waals surface area contributed by atoms with Crippen LogP contribution in [0.5, 0.6) is 0 Å². The molecule has 1 aliphatic heterocycles. The number of aliphatic carboxylic acids is 1. The van der Waals surface area contributed by atoms with Crippen molar-refractivity contribution in [3.05, 3.63) is 28.8 Å². The number of carbonyl (C=O) groups excluding carboxylic acids is 1. The van der Waals surface area contributed by atoms with Crippen molar-refractivity contribution in [1.82, 2.24) is 0 Å². The zero-order valence-electron chi connectivity index (χ0n) is 10.3. The average molecular weight is 283 g/mol. The van der Waals surface area contributed by atoms with Gasteiger partial charge >= 0.3 is 5.97 Å². The third kappa shape index (κ3) is 2.98. The highest BCUT2D eigenvalue weighted by atomic mass is 35.5. The lowest BCUT2D eigenvalue weighted by Gasteiger charge is -2.32. The molecule has 1 fully saturated rings. The summed E-state index contributed by atoms with van der Waals surface area (Å²) in [7, 11) is 0. The van der Waals surface area contributed by atoms with E-state index in [1.165, 1.54) is 0 Å². The van der Waals surface area contributed by atoms with E-state index in [9.17, 15) is 9.59 Å². The Morgan fingerprint density at radius 3 is 2.42 bits per heavy atom. The molecule has 0 radical (unpaired) electrons. The van der Waals surface area contributed by atoms with Gasteiger partial charge in [-0.05, 0) is 31.0 Å². The smallest absolute Gasteiger partial charge is 0.306 e. The van der Waals surface area contributed by atoms with Gasteiger partial charge in [-0.15, -0.1) is 0 Å². The van der Waals surface area contributed by atoms with Crippen LogP contribution in [0.4, 0.5) is 5.69 Å². The van der Waals surface area contributed by atoms with Gasteiger partial charge in [0.25, 0.3) is 0 Å². The minimum Gasteiger partial charge on any atom is -0.481 e. The second kappa shape index (κ2) is 5.48. The number of piperidine rings is 1. The van der Waals surface area contributed by atoms with Gasteiger partial charge in [0.2, 0.25) is 5.91 Å². The van der Waals surface area contributed by atoms with E-state index in [-0.39, 0.29) is 5.92 Å². The molecule has 0 bridgehead atoms. The number of halogens is 1. The van der Waals surface area contributed by atoms with Gasteiger partial charge in [-0.1, -0.05) is 11.6 Å². The summed E-state index contributed by atoms with van der Waals surface area (Å²) in [6.45, 7) is 1.29. The van der Waals surface area contributed by atoms with Crippen LogP contribution in [0.3, 0.4) is 0 Å². The maximum atomic E-state index is 11.0. The SMILES string of the molecule is NC(=O)c1ccc(N2CCC(C(=O)O)CC2)c(Cl)c1. The molecule has 1 heterocycles. The highest BCUT2D eigenvalue weighted by Crippen LogP contribution is 2.30. The van der Waals surface area contributed by atoms with Crippen LogP contribution in [0.2, 0.25) is 5.02 Å². The van der Waals surface area contributed by atoms with Gasteiger partial charge in [0.1, 0.15) is 0 Å². The molecule has 19 heavy (non-hydrogen) atoms. The fourth-order valence-electron chi connectivity index (χ4n) is 2.28. The predicted molar refractivity (Wildman–Crippen MR) is 72.5 cm³/mol. The van der Waals surface area contributed by atoms with Crippen LogP contribution in [0.15, 0.2) is 18.2 Å². The van der Waals surface area contributed by atoms with Crippen LogP contribution in [0.1, 0.15) is 23.2 Å². The monoisotopic (exact) mass is 282 g/mol. The Balaban J connectivity index is 2.11. The van der Waals surface area contributed by atoms with E-state index < -0.39 is 11.9 Å². The molecule has 1 aliphatic rings. The quantitative estimate of drug-likeness (QED) is 0.884. The fraction of sp³-hybridized carbons (Fsp3) is 0.385. The molecule has 0 atom stereocenters. The van der Waals surface area contributed by atoms with Gasteiger partial charge < -0.3 is 15.7 Å². The number of nitrogens with zero attached hydrogens (tertiary/aromatic N) is 1. The summed E-state index contributed by atoms with van der Waals surface area (Å²) in [6, 6.07) is 4.93. The van der Waals surface area contributed by atoms with Crippen molar-refractivity contribution in [2.45, 2.75) is 12.8 Å². The van der Waals surface area contributed by atoms with Crippen molar-refractivity contribution >= 4 is 29.2 Å². The van der Waals surface area contributed by atoms with E-state index in [0.29, 0.717) is 36.5 Å². The standard InChI is InChI=1S/C13H15ClN2O3/c14-10-7-9(12(15)17)1-2-11(10)16-5-3-8(4-6-16)13(18)19/h1-2,7-8H,3-6H2,(H2,15,17)(H,18,19). The van der Waals surface area contributed by atoms with Gasteiger partial charge in [-0.25, -0.2) is 0 Å². The summed E-state index contributed by atoms with van der Waals surface area (Å²) in [5.74, 6) is -1.53. The molecule has 1 amide bonds. The van der Waals surface area contributed by atoms with Crippen molar-refractivity contribution in [3.8, 4) is 0 Å². The lowest BCUT2D eigenvalue weighted by molar-refractivity contribution is -0.142. The summed E-state index contributed by atoms with van der Waals surface area (Å²) >= 11 is 6.14. The van der Waals surface area contributed by atoms with E-state index in [4.69, 9.17) is 22.4 Å². The number of hydrogen-bond donors (Lipinski definition) is 2. The second-order valence-electron chi connectivity index (χ2n) is 4.63. The fourth-order valence-corrected chi connectivity index (χ4v) is 2.58. The van der Waals surface area contributed by atoms with Crippen LogP contribution in [0.25, 0.3) is 0 Å². The molecule has 102 valence electrons. The number of rotatable bonds is 3. The van der Waals surface area contributed by atoms with Crippen LogP contribution < -0.4 is 10.6 Å². The van der Waals surface area contributed by atoms with Crippen molar-refractivity contribution in [1.29, 1.82) is 0 Å². The molecule has 1 aromatic carbocycles.